The number of sulfonamides is 1. The number of ether oxygens (including phenoxy) is 1. The number of methoxy groups -OCH3 is 1. The van der Waals surface area contributed by atoms with Gasteiger partial charge in [0.05, 0.1) is 17.7 Å². The molecule has 0 aromatic heterocycles. The number of rotatable bonds is 8. The number of hydrogen-bond donors (Lipinski definition) is 2. The van der Waals surface area contributed by atoms with Gasteiger partial charge in [0, 0.05) is 25.2 Å². The van der Waals surface area contributed by atoms with Crippen molar-refractivity contribution in [2.24, 2.45) is 0 Å². The average Bonchev–Trinajstić information content (AvgIpc) is 2.71. The third kappa shape index (κ3) is 4.78. The van der Waals surface area contributed by atoms with Crippen molar-refractivity contribution in [1.82, 2.24) is 10.6 Å². The van der Waals surface area contributed by atoms with E-state index < -0.39 is 10.0 Å². The van der Waals surface area contributed by atoms with E-state index >= 15 is 0 Å². The molecule has 27 heavy (non-hydrogen) atoms. The molecule has 1 atom stereocenters. The molecule has 1 amide bonds. The number of carbonyl (C=O) groups is 1. The van der Waals surface area contributed by atoms with Crippen LogP contribution in [0.4, 0.5) is 5.69 Å². The van der Waals surface area contributed by atoms with Gasteiger partial charge in [-0.2, -0.15) is 0 Å². The molecule has 0 bridgehead atoms. The molecule has 0 aliphatic carbocycles. The van der Waals surface area contributed by atoms with E-state index in [1.54, 1.807) is 24.3 Å². The lowest BCUT2D eigenvalue weighted by atomic mass is 10.2. The fraction of sp³-hybridized carbons (Fsp3) is 0.316. The van der Waals surface area contributed by atoms with Crippen LogP contribution >= 0.6 is 0 Å². The smallest absolute Gasteiger partial charge is 0.264 e. The van der Waals surface area contributed by atoms with Crippen molar-refractivity contribution in [1.29, 1.82) is 0 Å². The maximum absolute atomic E-state index is 12.9. The summed E-state index contributed by atoms with van der Waals surface area (Å²) >= 11 is 0. The quantitative estimate of drug-likeness (QED) is 0.717. The average molecular weight is 391 g/mol. The first kappa shape index (κ1) is 20.7. The van der Waals surface area contributed by atoms with Gasteiger partial charge < -0.3 is 15.4 Å². The third-order valence-corrected chi connectivity index (χ3v) is 6.05. The molecule has 8 heteroatoms. The largest absolute Gasteiger partial charge is 0.495 e. The van der Waals surface area contributed by atoms with E-state index in [0.717, 1.165) is 4.31 Å². The highest BCUT2D eigenvalue weighted by Crippen LogP contribution is 2.30. The summed E-state index contributed by atoms with van der Waals surface area (Å²) in [5.74, 6) is 0.206. The Hall–Kier alpha value is -2.58. The number of carbonyl (C=O) groups excluding carboxylic acids is 1. The molecule has 0 saturated heterocycles. The number of nitrogens with one attached hydrogen (secondary N) is 2. The summed E-state index contributed by atoms with van der Waals surface area (Å²) in [6.45, 7) is 2.43. The molecule has 2 aromatic carbocycles. The molecule has 146 valence electrons. The zero-order chi connectivity index (χ0) is 20.0. The second kappa shape index (κ2) is 8.88. The van der Waals surface area contributed by atoms with Crippen LogP contribution in [0.5, 0.6) is 5.75 Å². The fourth-order valence-corrected chi connectivity index (χ4v) is 3.61. The molecular formula is C19H25N3O4S. The molecular weight excluding hydrogens is 366 g/mol. The van der Waals surface area contributed by atoms with Crippen LogP contribution in [0.3, 0.4) is 0 Å². The summed E-state index contributed by atoms with van der Waals surface area (Å²) in [5.41, 5.74) is 0.833. The van der Waals surface area contributed by atoms with Crippen molar-refractivity contribution < 1.29 is 17.9 Å². The van der Waals surface area contributed by atoms with E-state index in [-0.39, 0.29) is 16.8 Å². The summed E-state index contributed by atoms with van der Waals surface area (Å²) in [4.78, 5) is 12.2. The van der Waals surface area contributed by atoms with E-state index in [2.05, 4.69) is 10.6 Å². The molecule has 0 aliphatic rings. The van der Waals surface area contributed by atoms with Crippen molar-refractivity contribution in [2.75, 3.05) is 32.1 Å². The molecule has 0 fully saturated rings. The Labute approximate surface area is 160 Å². The van der Waals surface area contributed by atoms with E-state index in [9.17, 15) is 13.2 Å². The normalized spacial score (nSPS) is 12.3. The van der Waals surface area contributed by atoms with E-state index in [0.29, 0.717) is 23.5 Å². The minimum atomic E-state index is -3.79. The first-order valence-corrected chi connectivity index (χ1v) is 9.92. The summed E-state index contributed by atoms with van der Waals surface area (Å²) in [7, 11) is 0.982. The molecule has 2 N–H and O–H groups in total. The van der Waals surface area contributed by atoms with Gasteiger partial charge in [-0.1, -0.05) is 12.1 Å². The number of hydrogen-bond acceptors (Lipinski definition) is 5. The zero-order valence-corrected chi connectivity index (χ0v) is 16.7. The van der Waals surface area contributed by atoms with Crippen molar-refractivity contribution in [3.63, 3.8) is 0 Å². The van der Waals surface area contributed by atoms with Gasteiger partial charge in [0.1, 0.15) is 5.75 Å². The Balaban J connectivity index is 2.21. The maximum Gasteiger partial charge on any atom is 0.264 e. The van der Waals surface area contributed by atoms with Crippen molar-refractivity contribution in [3.8, 4) is 5.75 Å². The number of amides is 1. The number of para-hydroxylation sites is 2. The monoisotopic (exact) mass is 391 g/mol. The van der Waals surface area contributed by atoms with E-state index in [1.807, 2.05) is 14.0 Å². The third-order valence-electron chi connectivity index (χ3n) is 4.26. The van der Waals surface area contributed by atoms with Gasteiger partial charge in [-0.3, -0.25) is 9.10 Å². The standard InChI is InChI=1S/C19H25N3O4S/c1-14(20-2)13-21-19(23)15-9-11-16(12-10-15)27(24,25)22(3)17-7-5-6-8-18(17)26-4/h5-12,14,20H,13H2,1-4H3,(H,21,23). The van der Waals surface area contributed by atoms with Crippen LogP contribution in [-0.4, -0.2) is 48.1 Å². The molecule has 0 saturated carbocycles. The van der Waals surface area contributed by atoms with Crippen molar-refractivity contribution in [2.45, 2.75) is 17.9 Å². The van der Waals surface area contributed by atoms with Gasteiger partial charge in [0.15, 0.2) is 0 Å². The maximum atomic E-state index is 12.9. The topological polar surface area (TPSA) is 87.7 Å². The molecule has 2 rings (SSSR count). The van der Waals surface area contributed by atoms with Crippen LogP contribution in [0.15, 0.2) is 53.4 Å². The van der Waals surface area contributed by atoms with Gasteiger partial charge in [-0.15, -0.1) is 0 Å². The lowest BCUT2D eigenvalue weighted by molar-refractivity contribution is 0.0950. The number of nitrogens with zero attached hydrogens (tertiary/aromatic N) is 1. The van der Waals surface area contributed by atoms with Gasteiger partial charge in [0.2, 0.25) is 0 Å². The SMILES string of the molecule is CNC(C)CNC(=O)c1ccc(S(=O)(=O)N(C)c2ccccc2OC)cc1. The van der Waals surface area contributed by atoms with Crippen LogP contribution in [0, 0.1) is 0 Å². The first-order chi connectivity index (χ1) is 12.8. The summed E-state index contributed by atoms with van der Waals surface area (Å²) in [6.07, 6.45) is 0. The predicted molar refractivity (Wildman–Crippen MR) is 106 cm³/mol. The van der Waals surface area contributed by atoms with Gasteiger partial charge in [0.25, 0.3) is 15.9 Å². The Bertz CT molecular complexity index is 882. The van der Waals surface area contributed by atoms with Crippen LogP contribution in [0.2, 0.25) is 0 Å². The van der Waals surface area contributed by atoms with E-state index in [1.165, 1.54) is 38.4 Å². The van der Waals surface area contributed by atoms with Crippen molar-refractivity contribution >= 4 is 21.6 Å². The summed E-state index contributed by atoms with van der Waals surface area (Å²) < 4.78 is 32.2. The highest BCUT2D eigenvalue weighted by atomic mass is 32.2. The van der Waals surface area contributed by atoms with Crippen LogP contribution in [-0.2, 0) is 10.0 Å². The zero-order valence-electron chi connectivity index (χ0n) is 15.9. The van der Waals surface area contributed by atoms with Gasteiger partial charge >= 0.3 is 0 Å². The molecule has 7 nitrogen and oxygen atoms in total. The highest BCUT2D eigenvalue weighted by molar-refractivity contribution is 7.92. The lowest BCUT2D eigenvalue weighted by Gasteiger charge is -2.21. The lowest BCUT2D eigenvalue weighted by Crippen LogP contribution is -2.37. The molecule has 1 unspecified atom stereocenters. The highest BCUT2D eigenvalue weighted by Gasteiger charge is 2.23. The Kier molecular flexibility index (Phi) is 6.81. The molecule has 0 aliphatic heterocycles. The molecule has 2 aromatic rings. The number of anilines is 1. The fourth-order valence-electron chi connectivity index (χ4n) is 2.41. The molecule has 0 spiro atoms. The van der Waals surface area contributed by atoms with Gasteiger partial charge in [-0.25, -0.2) is 8.42 Å². The summed E-state index contributed by atoms with van der Waals surface area (Å²) in [6, 6.07) is 12.9. The van der Waals surface area contributed by atoms with Crippen molar-refractivity contribution in [3.05, 3.63) is 54.1 Å². The van der Waals surface area contributed by atoms with Gasteiger partial charge in [-0.05, 0) is 50.4 Å². The number of likely N-dealkylation sites (N-methyl/N-ethyl adjacent to an activating group) is 1. The Morgan fingerprint density at radius 2 is 1.78 bits per heavy atom. The first-order valence-electron chi connectivity index (χ1n) is 8.48. The minimum absolute atomic E-state index is 0.0936. The van der Waals surface area contributed by atoms with Crippen LogP contribution in [0.25, 0.3) is 0 Å². The Morgan fingerprint density at radius 1 is 1.15 bits per heavy atom. The minimum Gasteiger partial charge on any atom is -0.495 e. The second-order valence-electron chi connectivity index (χ2n) is 6.07. The van der Waals surface area contributed by atoms with E-state index in [4.69, 9.17) is 4.74 Å². The molecule has 0 heterocycles. The molecule has 0 radical (unpaired) electrons. The van der Waals surface area contributed by atoms with Crippen LogP contribution < -0.4 is 19.7 Å². The van der Waals surface area contributed by atoms with Crippen LogP contribution in [0.1, 0.15) is 17.3 Å². The second-order valence-corrected chi connectivity index (χ2v) is 8.04. The summed E-state index contributed by atoms with van der Waals surface area (Å²) in [5, 5.41) is 5.82. The Morgan fingerprint density at radius 3 is 2.37 bits per heavy atom. The predicted octanol–water partition coefficient (Wildman–Crippen LogP) is 1.86. The number of benzene rings is 2.